The van der Waals surface area contributed by atoms with E-state index in [-0.39, 0.29) is 11.9 Å². The molecule has 0 spiro atoms. The number of aryl methyl sites for hydroxylation is 1. The van der Waals surface area contributed by atoms with Gasteiger partial charge in [-0.25, -0.2) is 9.37 Å². The van der Waals surface area contributed by atoms with Crippen molar-refractivity contribution in [3.05, 3.63) is 53.7 Å². The summed E-state index contributed by atoms with van der Waals surface area (Å²) < 4.78 is 14.9. The molecule has 0 saturated carbocycles. The third-order valence-corrected chi connectivity index (χ3v) is 3.49. The first-order chi connectivity index (χ1) is 10.7. The molecule has 114 valence electrons. The van der Waals surface area contributed by atoms with Gasteiger partial charge in [0.1, 0.15) is 18.0 Å². The van der Waals surface area contributed by atoms with Gasteiger partial charge in [0, 0.05) is 17.8 Å². The first kappa shape index (κ1) is 14.4. The van der Waals surface area contributed by atoms with Gasteiger partial charge >= 0.3 is 0 Å². The van der Waals surface area contributed by atoms with E-state index in [9.17, 15) is 4.39 Å². The Morgan fingerprint density at radius 2 is 2.18 bits per heavy atom. The zero-order chi connectivity index (χ0) is 15.5. The predicted molar refractivity (Wildman–Crippen MR) is 83.3 cm³/mol. The molecule has 0 aliphatic rings. The highest BCUT2D eigenvalue weighted by Gasteiger charge is 2.10. The molecule has 3 rings (SSSR count). The lowest BCUT2D eigenvalue weighted by molar-refractivity contribution is 0.624. The molecule has 22 heavy (non-hydrogen) atoms. The van der Waals surface area contributed by atoms with Crippen molar-refractivity contribution in [1.82, 2.24) is 19.6 Å². The van der Waals surface area contributed by atoms with Crippen LogP contribution in [0.2, 0.25) is 0 Å². The van der Waals surface area contributed by atoms with Crippen molar-refractivity contribution < 1.29 is 4.39 Å². The number of fused-ring (bicyclic) bond motifs is 1. The van der Waals surface area contributed by atoms with Gasteiger partial charge in [-0.1, -0.05) is 19.1 Å². The fraction of sp³-hybridized carbons (Fsp3) is 0.312. The van der Waals surface area contributed by atoms with Crippen LogP contribution in [0.4, 0.5) is 10.2 Å². The first-order valence-electron chi connectivity index (χ1n) is 7.36. The van der Waals surface area contributed by atoms with Crippen LogP contribution in [0.15, 0.2) is 36.7 Å². The molecule has 3 aromatic rings. The number of nitrogens with one attached hydrogen (secondary N) is 1. The third kappa shape index (κ3) is 3.05. The lowest BCUT2D eigenvalue weighted by Gasteiger charge is -2.16. The third-order valence-electron chi connectivity index (χ3n) is 3.49. The molecule has 2 heterocycles. The second kappa shape index (κ2) is 6.09. The summed E-state index contributed by atoms with van der Waals surface area (Å²) in [6.07, 6.45) is 3.04. The van der Waals surface area contributed by atoms with Crippen LogP contribution in [0.1, 0.15) is 25.1 Å². The van der Waals surface area contributed by atoms with E-state index in [1.807, 2.05) is 12.1 Å². The Bertz CT molecular complexity index is 783. The van der Waals surface area contributed by atoms with Gasteiger partial charge in [0.2, 0.25) is 0 Å². The van der Waals surface area contributed by atoms with E-state index in [0.717, 1.165) is 29.9 Å². The van der Waals surface area contributed by atoms with Gasteiger partial charge in [0.05, 0.1) is 0 Å². The molecule has 0 bridgehead atoms. The summed E-state index contributed by atoms with van der Waals surface area (Å²) in [5.74, 6) is 1.23. The average molecular weight is 299 g/mol. The van der Waals surface area contributed by atoms with Gasteiger partial charge in [-0.15, -0.1) is 0 Å². The zero-order valence-electron chi connectivity index (χ0n) is 12.6. The van der Waals surface area contributed by atoms with E-state index >= 15 is 0 Å². The van der Waals surface area contributed by atoms with Crippen molar-refractivity contribution >= 4 is 11.6 Å². The van der Waals surface area contributed by atoms with E-state index < -0.39 is 0 Å². The summed E-state index contributed by atoms with van der Waals surface area (Å²) >= 11 is 0. The molecular weight excluding hydrogens is 281 g/mol. The van der Waals surface area contributed by atoms with Crippen LogP contribution in [-0.2, 0) is 12.8 Å². The largest absolute Gasteiger partial charge is 0.367 e. The van der Waals surface area contributed by atoms with Crippen molar-refractivity contribution in [2.24, 2.45) is 0 Å². The number of hydrogen-bond donors (Lipinski definition) is 1. The number of anilines is 1. The second-order valence-electron chi connectivity index (χ2n) is 5.34. The molecule has 1 N–H and O–H groups in total. The molecule has 0 aliphatic heterocycles. The average Bonchev–Trinajstić information content (AvgIpc) is 2.95. The summed E-state index contributed by atoms with van der Waals surface area (Å²) in [6, 6.07) is 8.78. The van der Waals surface area contributed by atoms with Gasteiger partial charge in [-0.05, 0) is 37.5 Å². The van der Waals surface area contributed by atoms with Crippen molar-refractivity contribution in [2.75, 3.05) is 5.32 Å². The molecule has 5 nitrogen and oxygen atoms in total. The van der Waals surface area contributed by atoms with Crippen molar-refractivity contribution in [3.8, 4) is 0 Å². The summed E-state index contributed by atoms with van der Waals surface area (Å²) in [7, 11) is 0. The van der Waals surface area contributed by atoms with Gasteiger partial charge in [-0.3, -0.25) is 0 Å². The van der Waals surface area contributed by atoms with Gasteiger partial charge < -0.3 is 5.32 Å². The second-order valence-corrected chi connectivity index (χ2v) is 5.34. The lowest BCUT2D eigenvalue weighted by Crippen LogP contribution is -2.20. The molecule has 0 aliphatic carbocycles. The SMILES string of the molecule is CCc1cc(NC(C)Cc2cccc(F)c2)n2ncnc2n1. The summed E-state index contributed by atoms with van der Waals surface area (Å²) in [4.78, 5) is 8.56. The Morgan fingerprint density at radius 3 is 2.95 bits per heavy atom. The summed E-state index contributed by atoms with van der Waals surface area (Å²) in [5, 5.41) is 7.60. The molecule has 0 radical (unpaired) electrons. The Morgan fingerprint density at radius 1 is 1.32 bits per heavy atom. The number of benzene rings is 1. The van der Waals surface area contributed by atoms with E-state index in [0.29, 0.717) is 5.78 Å². The van der Waals surface area contributed by atoms with Gasteiger partial charge in [-0.2, -0.15) is 14.6 Å². The van der Waals surface area contributed by atoms with E-state index in [1.54, 1.807) is 16.6 Å². The number of halogens is 1. The topological polar surface area (TPSA) is 55.1 Å². The Kier molecular flexibility index (Phi) is 4.00. The quantitative estimate of drug-likeness (QED) is 0.787. The highest BCUT2D eigenvalue weighted by molar-refractivity contribution is 5.45. The highest BCUT2D eigenvalue weighted by Crippen LogP contribution is 2.14. The number of hydrogen-bond acceptors (Lipinski definition) is 4. The molecular formula is C16H18FN5. The van der Waals surface area contributed by atoms with Crippen LogP contribution >= 0.6 is 0 Å². The molecule has 1 aromatic carbocycles. The maximum absolute atomic E-state index is 13.3. The number of nitrogens with zero attached hydrogens (tertiary/aromatic N) is 4. The van der Waals surface area contributed by atoms with Crippen molar-refractivity contribution in [3.63, 3.8) is 0 Å². The van der Waals surface area contributed by atoms with E-state index in [1.165, 1.54) is 12.4 Å². The molecule has 0 saturated heterocycles. The minimum Gasteiger partial charge on any atom is -0.367 e. The van der Waals surface area contributed by atoms with Gasteiger partial charge in [0.15, 0.2) is 0 Å². The van der Waals surface area contributed by atoms with E-state index in [4.69, 9.17) is 0 Å². The smallest absolute Gasteiger partial charge is 0.254 e. The molecule has 2 aromatic heterocycles. The Balaban J connectivity index is 1.81. The molecule has 6 heteroatoms. The monoisotopic (exact) mass is 299 g/mol. The normalized spacial score (nSPS) is 12.5. The maximum atomic E-state index is 13.3. The van der Waals surface area contributed by atoms with Crippen LogP contribution in [0.25, 0.3) is 5.78 Å². The standard InChI is InChI=1S/C16H18FN5/c1-3-14-9-15(22-16(21-14)18-10-19-22)20-11(2)7-12-5-4-6-13(17)8-12/h4-6,8-11,20H,3,7H2,1-2H3. The molecule has 0 amide bonds. The fourth-order valence-electron chi connectivity index (χ4n) is 2.47. The van der Waals surface area contributed by atoms with Crippen LogP contribution in [0.3, 0.4) is 0 Å². The maximum Gasteiger partial charge on any atom is 0.254 e. The molecule has 1 atom stereocenters. The Hall–Kier alpha value is -2.50. The Labute approximate surface area is 128 Å². The highest BCUT2D eigenvalue weighted by atomic mass is 19.1. The summed E-state index contributed by atoms with van der Waals surface area (Å²) in [5.41, 5.74) is 1.92. The van der Waals surface area contributed by atoms with Crippen molar-refractivity contribution in [1.29, 1.82) is 0 Å². The molecule has 0 fully saturated rings. The number of aromatic nitrogens is 4. The summed E-state index contributed by atoms with van der Waals surface area (Å²) in [6.45, 7) is 4.11. The first-order valence-corrected chi connectivity index (χ1v) is 7.36. The predicted octanol–water partition coefficient (Wildman–Crippen LogP) is 2.87. The number of rotatable bonds is 5. The van der Waals surface area contributed by atoms with Crippen molar-refractivity contribution in [2.45, 2.75) is 32.7 Å². The van der Waals surface area contributed by atoms with Crippen LogP contribution in [0.5, 0.6) is 0 Å². The van der Waals surface area contributed by atoms with Crippen LogP contribution < -0.4 is 5.32 Å². The van der Waals surface area contributed by atoms with Gasteiger partial charge in [0.25, 0.3) is 5.78 Å². The fourth-order valence-corrected chi connectivity index (χ4v) is 2.47. The minimum atomic E-state index is -0.208. The van der Waals surface area contributed by atoms with Crippen LogP contribution in [0, 0.1) is 5.82 Å². The zero-order valence-corrected chi connectivity index (χ0v) is 12.6. The lowest BCUT2D eigenvalue weighted by atomic mass is 10.1. The minimum absolute atomic E-state index is 0.126. The van der Waals surface area contributed by atoms with E-state index in [2.05, 4.69) is 34.2 Å². The molecule has 1 unspecified atom stereocenters. The van der Waals surface area contributed by atoms with Crippen LogP contribution in [-0.4, -0.2) is 25.6 Å².